The van der Waals surface area contributed by atoms with Gasteiger partial charge in [-0.1, -0.05) is 5.16 Å². The molecule has 4 nitrogen and oxygen atoms in total. The number of rotatable bonds is 0. The molecular weight excluding hydrogens is 166 g/mol. The van der Waals surface area contributed by atoms with Crippen LogP contribution >= 0.6 is 0 Å². The number of hydrogen-bond acceptors (Lipinski definition) is 4. The normalized spacial score (nSPS) is 11.1. The van der Waals surface area contributed by atoms with E-state index >= 15 is 0 Å². The van der Waals surface area contributed by atoms with E-state index in [0.29, 0.717) is 0 Å². The van der Waals surface area contributed by atoms with Crippen LogP contribution in [0.25, 0.3) is 21.9 Å². The summed E-state index contributed by atoms with van der Waals surface area (Å²) >= 11 is 0. The molecule has 62 valence electrons. The van der Waals surface area contributed by atoms with Crippen LogP contribution in [0, 0.1) is 0 Å². The van der Waals surface area contributed by atoms with Gasteiger partial charge < -0.3 is 4.52 Å². The monoisotopic (exact) mass is 171 g/mol. The molecular formula is C9H5N3O. The minimum absolute atomic E-state index is 0.813. The molecule has 0 aliphatic rings. The molecule has 13 heavy (non-hydrogen) atoms. The molecule has 0 spiro atoms. The van der Waals surface area contributed by atoms with Crippen molar-refractivity contribution >= 4 is 21.9 Å². The van der Waals surface area contributed by atoms with Gasteiger partial charge in [0.15, 0.2) is 0 Å². The first kappa shape index (κ1) is 6.54. The summed E-state index contributed by atoms with van der Waals surface area (Å²) in [6.45, 7) is 0. The number of aromatic nitrogens is 3. The highest BCUT2D eigenvalue weighted by Gasteiger charge is 2.04. The molecule has 0 N–H and O–H groups in total. The van der Waals surface area contributed by atoms with E-state index in [2.05, 4.69) is 15.1 Å². The Morgan fingerprint density at radius 1 is 1.00 bits per heavy atom. The van der Waals surface area contributed by atoms with Crippen LogP contribution in [0.15, 0.2) is 35.3 Å². The Kier molecular flexibility index (Phi) is 1.14. The molecule has 0 amide bonds. The van der Waals surface area contributed by atoms with E-state index in [1.54, 1.807) is 18.7 Å². The van der Waals surface area contributed by atoms with Gasteiger partial charge in [-0.15, -0.1) is 0 Å². The smallest absolute Gasteiger partial charge is 0.133 e. The average Bonchev–Trinajstić information content (AvgIpc) is 2.65. The van der Waals surface area contributed by atoms with Crippen LogP contribution in [0.4, 0.5) is 0 Å². The predicted octanol–water partition coefficient (Wildman–Crippen LogP) is 1.77. The molecule has 3 rings (SSSR count). The maximum atomic E-state index is 4.86. The summed E-state index contributed by atoms with van der Waals surface area (Å²) in [5, 5.41) is 4.73. The Morgan fingerprint density at radius 2 is 1.85 bits per heavy atom. The second kappa shape index (κ2) is 2.26. The van der Waals surface area contributed by atoms with Gasteiger partial charge in [-0.25, -0.2) is 0 Å². The van der Waals surface area contributed by atoms with Crippen LogP contribution in [0.1, 0.15) is 0 Å². The Bertz CT molecular complexity index is 573. The standard InChI is InChI=1S/C9H5N3O/c1-2-8-9(11-4-3-10-8)6-5-13-12-7(1)6/h1-5H. The fourth-order valence-corrected chi connectivity index (χ4v) is 1.38. The Morgan fingerprint density at radius 3 is 2.85 bits per heavy atom. The number of hydrogen-bond donors (Lipinski definition) is 0. The van der Waals surface area contributed by atoms with Gasteiger partial charge in [0.2, 0.25) is 0 Å². The summed E-state index contributed by atoms with van der Waals surface area (Å²) in [5.74, 6) is 0. The second-order valence-corrected chi connectivity index (χ2v) is 2.74. The molecule has 2 aromatic heterocycles. The van der Waals surface area contributed by atoms with Gasteiger partial charge in [0.1, 0.15) is 17.3 Å². The quantitative estimate of drug-likeness (QED) is 0.517. The number of nitrogens with zero attached hydrogens (tertiary/aromatic N) is 3. The first-order chi connectivity index (χ1) is 6.45. The Balaban J connectivity index is 2.65. The lowest BCUT2D eigenvalue weighted by Gasteiger charge is -1.93. The Labute approximate surface area is 73.2 Å². The maximum absolute atomic E-state index is 4.86. The van der Waals surface area contributed by atoms with Crippen LogP contribution in [0.5, 0.6) is 0 Å². The first-order valence-electron chi connectivity index (χ1n) is 3.89. The van der Waals surface area contributed by atoms with E-state index in [0.717, 1.165) is 21.9 Å². The minimum Gasteiger partial charge on any atom is -0.363 e. The fourth-order valence-electron chi connectivity index (χ4n) is 1.38. The highest BCUT2D eigenvalue weighted by molar-refractivity contribution is 6.01. The summed E-state index contributed by atoms with van der Waals surface area (Å²) in [6.07, 6.45) is 4.92. The van der Waals surface area contributed by atoms with Gasteiger partial charge in [0.05, 0.1) is 10.9 Å². The molecule has 0 fully saturated rings. The molecule has 0 atom stereocenters. The van der Waals surface area contributed by atoms with Gasteiger partial charge in [0.25, 0.3) is 0 Å². The van der Waals surface area contributed by atoms with E-state index in [4.69, 9.17) is 4.52 Å². The summed E-state index contributed by atoms with van der Waals surface area (Å²) in [6, 6.07) is 3.75. The van der Waals surface area contributed by atoms with Gasteiger partial charge in [0, 0.05) is 12.4 Å². The lowest BCUT2D eigenvalue weighted by atomic mass is 10.2. The highest BCUT2D eigenvalue weighted by Crippen LogP contribution is 2.20. The van der Waals surface area contributed by atoms with Crippen molar-refractivity contribution in [2.24, 2.45) is 0 Å². The van der Waals surface area contributed by atoms with Crippen LogP contribution < -0.4 is 0 Å². The van der Waals surface area contributed by atoms with Gasteiger partial charge >= 0.3 is 0 Å². The second-order valence-electron chi connectivity index (χ2n) is 2.74. The van der Waals surface area contributed by atoms with Crippen molar-refractivity contribution < 1.29 is 4.52 Å². The lowest BCUT2D eigenvalue weighted by molar-refractivity contribution is 0.428. The van der Waals surface area contributed by atoms with Crippen molar-refractivity contribution in [2.45, 2.75) is 0 Å². The zero-order valence-corrected chi connectivity index (χ0v) is 6.64. The average molecular weight is 171 g/mol. The largest absolute Gasteiger partial charge is 0.363 e. The molecule has 0 radical (unpaired) electrons. The molecule has 3 aromatic rings. The van der Waals surface area contributed by atoms with E-state index in [1.807, 2.05) is 12.1 Å². The van der Waals surface area contributed by atoms with Crippen molar-refractivity contribution in [3.8, 4) is 0 Å². The first-order valence-corrected chi connectivity index (χ1v) is 3.89. The molecule has 0 saturated carbocycles. The van der Waals surface area contributed by atoms with Gasteiger partial charge in [-0.2, -0.15) is 0 Å². The van der Waals surface area contributed by atoms with E-state index in [1.165, 1.54) is 0 Å². The van der Waals surface area contributed by atoms with Crippen molar-refractivity contribution in [1.29, 1.82) is 0 Å². The summed E-state index contributed by atoms with van der Waals surface area (Å²) < 4.78 is 4.86. The van der Waals surface area contributed by atoms with Crippen LogP contribution in [0.3, 0.4) is 0 Å². The maximum Gasteiger partial charge on any atom is 0.133 e. The van der Waals surface area contributed by atoms with E-state index in [-0.39, 0.29) is 0 Å². The van der Waals surface area contributed by atoms with Crippen molar-refractivity contribution in [2.75, 3.05) is 0 Å². The third-order valence-corrected chi connectivity index (χ3v) is 1.98. The SMILES string of the molecule is c1cnc2c(ccc3nocc32)n1. The van der Waals surface area contributed by atoms with Crippen molar-refractivity contribution in [1.82, 2.24) is 15.1 Å². The summed E-state index contributed by atoms with van der Waals surface area (Å²) in [5.41, 5.74) is 2.51. The molecule has 0 unspecified atom stereocenters. The molecule has 0 saturated heterocycles. The van der Waals surface area contributed by atoms with Crippen LogP contribution in [-0.2, 0) is 0 Å². The number of fused-ring (bicyclic) bond motifs is 3. The molecule has 0 aliphatic heterocycles. The van der Waals surface area contributed by atoms with E-state index < -0.39 is 0 Å². The predicted molar refractivity (Wildman–Crippen MR) is 47.1 cm³/mol. The highest BCUT2D eigenvalue weighted by atomic mass is 16.5. The van der Waals surface area contributed by atoms with Crippen LogP contribution in [-0.4, -0.2) is 15.1 Å². The van der Waals surface area contributed by atoms with E-state index in [9.17, 15) is 0 Å². The van der Waals surface area contributed by atoms with Gasteiger partial charge in [-0.05, 0) is 12.1 Å². The third kappa shape index (κ3) is 0.823. The zero-order chi connectivity index (χ0) is 8.67. The van der Waals surface area contributed by atoms with Crippen molar-refractivity contribution in [3.63, 3.8) is 0 Å². The number of benzene rings is 1. The van der Waals surface area contributed by atoms with Crippen molar-refractivity contribution in [3.05, 3.63) is 30.8 Å². The van der Waals surface area contributed by atoms with Crippen LogP contribution in [0.2, 0.25) is 0 Å². The Hall–Kier alpha value is -1.97. The summed E-state index contributed by atoms with van der Waals surface area (Å²) in [4.78, 5) is 8.40. The summed E-state index contributed by atoms with van der Waals surface area (Å²) in [7, 11) is 0. The lowest BCUT2D eigenvalue weighted by Crippen LogP contribution is -1.81. The van der Waals surface area contributed by atoms with Gasteiger partial charge in [-0.3, -0.25) is 9.97 Å². The fraction of sp³-hybridized carbons (Fsp3) is 0. The molecule has 4 heteroatoms. The molecule has 2 heterocycles. The topological polar surface area (TPSA) is 51.8 Å². The molecule has 1 aromatic carbocycles. The third-order valence-electron chi connectivity index (χ3n) is 1.98. The molecule has 0 bridgehead atoms. The molecule has 0 aliphatic carbocycles. The minimum atomic E-state index is 0.813. The zero-order valence-electron chi connectivity index (χ0n) is 6.64.